The molecule has 0 aliphatic carbocycles. The molecule has 0 amide bonds. The van der Waals surface area contributed by atoms with Crippen LogP contribution in [0.25, 0.3) is 6.08 Å². The number of aromatic nitrogens is 2. The Morgan fingerprint density at radius 1 is 1.18 bits per heavy atom. The second-order valence-corrected chi connectivity index (χ2v) is 7.92. The zero-order chi connectivity index (χ0) is 24.9. The van der Waals surface area contributed by atoms with Crippen LogP contribution in [0.1, 0.15) is 29.8 Å². The number of carbonyl (C=O) groups is 2. The molecule has 0 spiro atoms. The molecular formula is C22H26ClN3O7. The molecule has 0 saturated heterocycles. The van der Waals surface area contributed by atoms with E-state index < -0.39 is 35.2 Å². The van der Waals surface area contributed by atoms with Gasteiger partial charge in [-0.05, 0) is 29.7 Å². The molecule has 10 nitrogen and oxygen atoms in total. The van der Waals surface area contributed by atoms with Crippen molar-refractivity contribution in [1.29, 1.82) is 0 Å². The van der Waals surface area contributed by atoms with Crippen LogP contribution in [0.15, 0.2) is 27.8 Å². The Bertz CT molecular complexity index is 1210. The number of ketones is 1. The maximum Gasteiger partial charge on any atom is 0.332 e. The van der Waals surface area contributed by atoms with Crippen molar-refractivity contribution in [3.8, 4) is 11.5 Å². The number of nitrogen functional groups attached to an aromatic ring is 1. The van der Waals surface area contributed by atoms with Crippen LogP contribution in [0, 0.1) is 5.92 Å². The molecule has 11 heteroatoms. The maximum absolute atomic E-state index is 12.6. The van der Waals surface area contributed by atoms with Crippen molar-refractivity contribution in [1.82, 2.24) is 9.13 Å². The number of ether oxygens (including phenoxy) is 3. The van der Waals surface area contributed by atoms with Crippen molar-refractivity contribution in [3.05, 3.63) is 55.2 Å². The second-order valence-electron chi connectivity index (χ2n) is 7.51. The number of esters is 1. The number of carbonyl (C=O) groups excluding carboxylic acids is 2. The first kappa shape index (κ1) is 25.7. The highest BCUT2D eigenvalue weighted by atomic mass is 35.5. The first-order chi connectivity index (χ1) is 15.5. The molecule has 0 aliphatic heterocycles. The highest BCUT2D eigenvalue weighted by molar-refractivity contribution is 6.32. The fourth-order valence-electron chi connectivity index (χ4n) is 3.04. The predicted molar refractivity (Wildman–Crippen MR) is 124 cm³/mol. The Balaban J connectivity index is 2.19. The Morgan fingerprint density at radius 3 is 2.42 bits per heavy atom. The molecule has 0 saturated carbocycles. The minimum atomic E-state index is -0.853. The van der Waals surface area contributed by atoms with E-state index in [1.807, 2.05) is 13.8 Å². The fourth-order valence-corrected chi connectivity index (χ4v) is 3.34. The predicted octanol–water partition coefficient (Wildman–Crippen LogP) is 1.90. The summed E-state index contributed by atoms with van der Waals surface area (Å²) in [5.41, 5.74) is 4.59. The van der Waals surface area contributed by atoms with E-state index >= 15 is 0 Å². The van der Waals surface area contributed by atoms with Gasteiger partial charge in [0.25, 0.3) is 5.56 Å². The third-order valence-corrected chi connectivity index (χ3v) is 4.90. The summed E-state index contributed by atoms with van der Waals surface area (Å²) in [4.78, 5) is 49.5. The van der Waals surface area contributed by atoms with Gasteiger partial charge >= 0.3 is 11.7 Å². The van der Waals surface area contributed by atoms with Crippen molar-refractivity contribution in [3.63, 3.8) is 0 Å². The van der Waals surface area contributed by atoms with Crippen molar-refractivity contribution in [2.24, 2.45) is 13.0 Å². The van der Waals surface area contributed by atoms with Crippen molar-refractivity contribution in [2.45, 2.75) is 20.4 Å². The van der Waals surface area contributed by atoms with E-state index in [2.05, 4.69) is 0 Å². The van der Waals surface area contributed by atoms with E-state index in [9.17, 15) is 19.2 Å². The van der Waals surface area contributed by atoms with Crippen LogP contribution < -0.4 is 26.5 Å². The Kier molecular flexibility index (Phi) is 8.47. The Hall–Kier alpha value is -3.53. The lowest BCUT2D eigenvalue weighted by Crippen LogP contribution is -2.43. The Morgan fingerprint density at radius 2 is 1.85 bits per heavy atom. The molecule has 0 fully saturated rings. The average molecular weight is 480 g/mol. The van der Waals surface area contributed by atoms with Gasteiger partial charge in [0.15, 0.2) is 18.1 Å². The van der Waals surface area contributed by atoms with Crippen LogP contribution in [0.2, 0.25) is 5.02 Å². The summed E-state index contributed by atoms with van der Waals surface area (Å²) < 4.78 is 17.3. The summed E-state index contributed by atoms with van der Waals surface area (Å²) in [5.74, 6) is -1.15. The maximum atomic E-state index is 12.6. The molecule has 33 heavy (non-hydrogen) atoms. The summed E-state index contributed by atoms with van der Waals surface area (Å²) in [6, 6.07) is 3.15. The minimum absolute atomic E-state index is 0.0403. The lowest BCUT2D eigenvalue weighted by molar-refractivity contribution is -0.136. The lowest BCUT2D eigenvalue weighted by atomic mass is 10.1. The standard InChI is InChI=1S/C22H26ClN3O7/c1-12(2)10-26-20(24)18(21(29)25(3)22(26)30)15(27)11-33-17(28)7-6-13-8-14(23)19(32-5)16(9-13)31-4/h6-9,12H,10-11,24H2,1-5H3. The van der Waals surface area contributed by atoms with Crippen molar-refractivity contribution in [2.75, 3.05) is 26.6 Å². The van der Waals surface area contributed by atoms with E-state index in [1.165, 1.54) is 27.3 Å². The number of hydrogen-bond acceptors (Lipinski definition) is 8. The van der Waals surface area contributed by atoms with Crippen LogP contribution in [0.5, 0.6) is 11.5 Å². The molecule has 0 radical (unpaired) electrons. The SMILES string of the molecule is COc1cc(C=CC(=O)OCC(=O)c2c(N)n(CC(C)C)c(=O)n(C)c2=O)cc(Cl)c1OC. The number of hydrogen-bond donors (Lipinski definition) is 1. The van der Waals surface area contributed by atoms with Gasteiger partial charge in [-0.25, -0.2) is 9.59 Å². The summed E-state index contributed by atoms with van der Waals surface area (Å²) in [6.07, 6.45) is 2.50. The number of nitrogens with two attached hydrogens (primary N) is 1. The molecule has 2 N–H and O–H groups in total. The lowest BCUT2D eigenvalue weighted by Gasteiger charge is -2.16. The molecule has 0 atom stereocenters. The first-order valence-electron chi connectivity index (χ1n) is 9.90. The molecule has 1 aromatic carbocycles. The summed E-state index contributed by atoms with van der Waals surface area (Å²) in [7, 11) is 4.14. The number of rotatable bonds is 9. The summed E-state index contributed by atoms with van der Waals surface area (Å²) in [6.45, 7) is 3.21. The first-order valence-corrected chi connectivity index (χ1v) is 10.3. The van der Waals surface area contributed by atoms with Crippen LogP contribution >= 0.6 is 11.6 Å². The number of halogens is 1. The number of anilines is 1. The zero-order valence-corrected chi connectivity index (χ0v) is 19.8. The van der Waals surface area contributed by atoms with Crippen LogP contribution in [0.4, 0.5) is 5.82 Å². The van der Waals surface area contributed by atoms with Gasteiger partial charge in [-0.15, -0.1) is 0 Å². The van der Waals surface area contributed by atoms with Gasteiger partial charge in [-0.3, -0.25) is 18.7 Å². The molecule has 178 valence electrons. The monoisotopic (exact) mass is 479 g/mol. The van der Waals surface area contributed by atoms with Gasteiger partial charge in [-0.2, -0.15) is 0 Å². The highest BCUT2D eigenvalue weighted by Crippen LogP contribution is 2.36. The van der Waals surface area contributed by atoms with E-state index in [0.29, 0.717) is 17.1 Å². The topological polar surface area (TPSA) is 132 Å². The fraction of sp³-hybridized carbons (Fsp3) is 0.364. The third kappa shape index (κ3) is 5.83. The molecule has 1 heterocycles. The van der Waals surface area contributed by atoms with Gasteiger partial charge in [0.2, 0.25) is 5.78 Å². The number of methoxy groups -OCH3 is 2. The van der Waals surface area contributed by atoms with Crippen LogP contribution in [-0.4, -0.2) is 41.7 Å². The largest absolute Gasteiger partial charge is 0.493 e. The summed E-state index contributed by atoms with van der Waals surface area (Å²) >= 11 is 6.13. The van der Waals surface area contributed by atoms with Crippen LogP contribution in [0.3, 0.4) is 0 Å². The second kappa shape index (κ2) is 10.9. The molecule has 0 unspecified atom stereocenters. The van der Waals surface area contributed by atoms with Crippen molar-refractivity contribution < 1.29 is 23.8 Å². The molecule has 1 aromatic heterocycles. The number of nitrogens with zero attached hydrogens (tertiary/aromatic N) is 2. The summed E-state index contributed by atoms with van der Waals surface area (Å²) in [5, 5.41) is 0.280. The van der Waals surface area contributed by atoms with E-state index in [4.69, 9.17) is 31.5 Å². The molecular weight excluding hydrogens is 454 g/mol. The molecule has 2 rings (SSSR count). The van der Waals surface area contributed by atoms with Crippen molar-refractivity contribution >= 4 is 35.2 Å². The highest BCUT2D eigenvalue weighted by Gasteiger charge is 2.22. The van der Waals surface area contributed by atoms with Gasteiger partial charge < -0.3 is 19.9 Å². The van der Waals surface area contributed by atoms with Crippen LogP contribution in [-0.2, 0) is 23.1 Å². The third-order valence-electron chi connectivity index (χ3n) is 4.62. The van der Waals surface area contributed by atoms with E-state index in [-0.39, 0.29) is 23.3 Å². The molecule has 2 aromatic rings. The normalized spacial score (nSPS) is 11.1. The zero-order valence-electron chi connectivity index (χ0n) is 19.0. The van der Waals surface area contributed by atoms with Gasteiger partial charge in [-0.1, -0.05) is 25.4 Å². The van der Waals surface area contributed by atoms with E-state index in [1.54, 1.807) is 12.1 Å². The molecule has 0 aliphatic rings. The Labute approximate surface area is 195 Å². The quantitative estimate of drug-likeness (QED) is 0.327. The van der Waals surface area contributed by atoms with Gasteiger partial charge in [0, 0.05) is 19.7 Å². The van der Waals surface area contributed by atoms with E-state index in [0.717, 1.165) is 15.2 Å². The van der Waals surface area contributed by atoms with Gasteiger partial charge in [0.1, 0.15) is 11.4 Å². The number of Topliss-reactive ketones (excluding diaryl/α,β-unsaturated/α-hetero) is 1. The molecule has 0 bridgehead atoms. The van der Waals surface area contributed by atoms with Gasteiger partial charge in [0.05, 0.1) is 19.2 Å². The smallest absolute Gasteiger partial charge is 0.332 e. The minimum Gasteiger partial charge on any atom is -0.493 e. The average Bonchev–Trinajstić information content (AvgIpc) is 2.77. The number of benzene rings is 1.